The summed E-state index contributed by atoms with van der Waals surface area (Å²) >= 11 is 0. The Balaban J connectivity index is 2.07. The van der Waals surface area contributed by atoms with Crippen molar-refractivity contribution < 1.29 is 9.53 Å². The summed E-state index contributed by atoms with van der Waals surface area (Å²) in [6.45, 7) is 11.4. The minimum atomic E-state index is -0.444. The van der Waals surface area contributed by atoms with Gasteiger partial charge in [0.05, 0.1) is 0 Å². The maximum Gasteiger partial charge on any atom is 0.410 e. The lowest BCUT2D eigenvalue weighted by Crippen LogP contribution is -2.58. The van der Waals surface area contributed by atoms with Crippen LogP contribution in [0.25, 0.3) is 0 Å². The predicted molar refractivity (Wildman–Crippen MR) is 85.7 cm³/mol. The largest absolute Gasteiger partial charge is 0.444 e. The van der Waals surface area contributed by atoms with E-state index >= 15 is 0 Å². The van der Waals surface area contributed by atoms with E-state index in [2.05, 4.69) is 43.0 Å². The average Bonchev–Trinajstić information content (AvgIpc) is 2.37. The summed E-state index contributed by atoms with van der Waals surface area (Å²) in [6.07, 6.45) is -0.214. The van der Waals surface area contributed by atoms with Crippen molar-refractivity contribution in [2.45, 2.75) is 52.3 Å². The summed E-state index contributed by atoms with van der Waals surface area (Å²) in [5, 5.41) is 0. The van der Waals surface area contributed by atoms with Crippen molar-refractivity contribution in [1.29, 1.82) is 0 Å². The van der Waals surface area contributed by atoms with Gasteiger partial charge in [-0.15, -0.1) is 0 Å². The van der Waals surface area contributed by atoms with Crippen LogP contribution in [0.5, 0.6) is 0 Å². The Kier molecular flexibility index (Phi) is 4.45. The van der Waals surface area contributed by atoms with Crippen LogP contribution in [0, 0.1) is 0 Å². The second-order valence-corrected chi connectivity index (χ2v) is 6.83. The molecule has 0 aromatic heterocycles. The van der Waals surface area contributed by atoms with Crippen LogP contribution >= 0.6 is 0 Å². The average molecular weight is 290 g/mol. The minimum Gasteiger partial charge on any atom is -0.444 e. The molecule has 0 N–H and O–H groups in total. The van der Waals surface area contributed by atoms with E-state index in [9.17, 15) is 4.79 Å². The number of hydrogen-bond donors (Lipinski definition) is 0. The lowest BCUT2D eigenvalue weighted by molar-refractivity contribution is 0.0193. The number of rotatable bonds is 1. The first-order valence-electron chi connectivity index (χ1n) is 7.59. The molecule has 1 fully saturated rings. The standard InChI is InChI=1S/C17H26N2O2/c1-13-11-18(16(20)21-17(3,4)5)12-14(2)19(13)15-9-7-6-8-10-15/h6-10,13-14H,11-12H2,1-5H3. The van der Waals surface area contributed by atoms with Gasteiger partial charge in [0.2, 0.25) is 0 Å². The maximum absolute atomic E-state index is 12.2. The van der Waals surface area contributed by atoms with E-state index in [1.165, 1.54) is 5.69 Å². The molecule has 1 heterocycles. The molecule has 1 aromatic rings. The number of para-hydroxylation sites is 1. The Morgan fingerprint density at radius 3 is 2.10 bits per heavy atom. The Bertz CT molecular complexity index is 469. The van der Waals surface area contributed by atoms with Gasteiger partial charge in [-0.3, -0.25) is 0 Å². The van der Waals surface area contributed by atoms with Crippen molar-refractivity contribution in [3.05, 3.63) is 30.3 Å². The van der Waals surface area contributed by atoms with Crippen molar-refractivity contribution in [1.82, 2.24) is 4.90 Å². The third-order valence-electron chi connectivity index (χ3n) is 3.62. The van der Waals surface area contributed by atoms with Crippen LogP contribution in [0.3, 0.4) is 0 Å². The summed E-state index contributed by atoms with van der Waals surface area (Å²) in [6, 6.07) is 10.9. The van der Waals surface area contributed by atoms with Gasteiger partial charge in [-0.25, -0.2) is 4.79 Å². The van der Waals surface area contributed by atoms with Gasteiger partial charge in [-0.05, 0) is 46.8 Å². The maximum atomic E-state index is 12.2. The number of piperazine rings is 1. The summed E-state index contributed by atoms with van der Waals surface area (Å²) in [5.74, 6) is 0. The fourth-order valence-corrected chi connectivity index (χ4v) is 2.91. The second-order valence-electron chi connectivity index (χ2n) is 6.83. The fraction of sp³-hybridized carbons (Fsp3) is 0.588. The van der Waals surface area contributed by atoms with E-state index in [0.717, 1.165) is 0 Å². The molecule has 4 nitrogen and oxygen atoms in total. The highest BCUT2D eigenvalue weighted by molar-refractivity contribution is 5.69. The molecule has 1 aliphatic rings. The first-order valence-corrected chi connectivity index (χ1v) is 7.59. The number of carbonyl (C=O) groups excluding carboxylic acids is 1. The monoisotopic (exact) mass is 290 g/mol. The molecule has 0 radical (unpaired) electrons. The predicted octanol–water partition coefficient (Wildman–Crippen LogP) is 3.52. The lowest BCUT2D eigenvalue weighted by atomic mass is 10.1. The third kappa shape index (κ3) is 3.90. The molecular weight excluding hydrogens is 264 g/mol. The van der Waals surface area contributed by atoms with Crippen molar-refractivity contribution in [2.24, 2.45) is 0 Å². The van der Waals surface area contributed by atoms with Gasteiger partial charge in [0.25, 0.3) is 0 Å². The number of hydrogen-bond acceptors (Lipinski definition) is 3. The van der Waals surface area contributed by atoms with Crippen molar-refractivity contribution in [2.75, 3.05) is 18.0 Å². The van der Waals surface area contributed by atoms with E-state index in [1.54, 1.807) is 0 Å². The van der Waals surface area contributed by atoms with E-state index in [1.807, 2.05) is 31.7 Å². The molecule has 116 valence electrons. The molecule has 2 atom stereocenters. The van der Waals surface area contributed by atoms with Crippen molar-refractivity contribution in [3.8, 4) is 0 Å². The SMILES string of the molecule is CC1CN(C(=O)OC(C)(C)C)CC(C)N1c1ccccc1. The summed E-state index contributed by atoms with van der Waals surface area (Å²) < 4.78 is 5.48. The van der Waals surface area contributed by atoms with Gasteiger partial charge >= 0.3 is 6.09 Å². The molecule has 2 unspecified atom stereocenters. The Morgan fingerprint density at radius 1 is 1.10 bits per heavy atom. The summed E-state index contributed by atoms with van der Waals surface area (Å²) in [4.78, 5) is 16.4. The highest BCUT2D eigenvalue weighted by atomic mass is 16.6. The number of ether oxygens (including phenoxy) is 1. The van der Waals surface area contributed by atoms with Crippen LogP contribution in [-0.2, 0) is 4.74 Å². The highest BCUT2D eigenvalue weighted by Crippen LogP contribution is 2.25. The zero-order valence-corrected chi connectivity index (χ0v) is 13.7. The van der Waals surface area contributed by atoms with Gasteiger partial charge in [0.15, 0.2) is 0 Å². The van der Waals surface area contributed by atoms with Gasteiger partial charge in [-0.2, -0.15) is 0 Å². The van der Waals surface area contributed by atoms with Gasteiger partial charge < -0.3 is 14.5 Å². The molecular formula is C17H26N2O2. The lowest BCUT2D eigenvalue weighted by Gasteiger charge is -2.45. The third-order valence-corrected chi connectivity index (χ3v) is 3.62. The second kappa shape index (κ2) is 5.96. The number of amides is 1. The molecule has 0 aliphatic carbocycles. The van der Waals surface area contributed by atoms with Crippen LogP contribution in [0.2, 0.25) is 0 Å². The number of benzene rings is 1. The molecule has 1 aromatic carbocycles. The van der Waals surface area contributed by atoms with E-state index in [-0.39, 0.29) is 18.2 Å². The van der Waals surface area contributed by atoms with Gasteiger partial charge in [0.1, 0.15) is 5.60 Å². The van der Waals surface area contributed by atoms with Gasteiger partial charge in [-0.1, -0.05) is 18.2 Å². The molecule has 2 rings (SSSR count). The molecule has 1 saturated heterocycles. The topological polar surface area (TPSA) is 32.8 Å². The molecule has 21 heavy (non-hydrogen) atoms. The van der Waals surface area contributed by atoms with Crippen LogP contribution in [0.15, 0.2) is 30.3 Å². The van der Waals surface area contributed by atoms with Crippen LogP contribution in [0.4, 0.5) is 10.5 Å². The molecule has 4 heteroatoms. The van der Waals surface area contributed by atoms with E-state index in [4.69, 9.17) is 4.74 Å². The zero-order valence-electron chi connectivity index (χ0n) is 13.7. The van der Waals surface area contributed by atoms with Crippen molar-refractivity contribution >= 4 is 11.8 Å². The molecule has 1 amide bonds. The fourth-order valence-electron chi connectivity index (χ4n) is 2.91. The molecule has 0 saturated carbocycles. The van der Waals surface area contributed by atoms with Crippen LogP contribution < -0.4 is 4.90 Å². The number of anilines is 1. The van der Waals surface area contributed by atoms with Crippen molar-refractivity contribution in [3.63, 3.8) is 0 Å². The summed E-state index contributed by atoms with van der Waals surface area (Å²) in [5.41, 5.74) is 0.765. The van der Waals surface area contributed by atoms with E-state index < -0.39 is 5.60 Å². The Morgan fingerprint density at radius 2 is 1.62 bits per heavy atom. The quantitative estimate of drug-likeness (QED) is 0.793. The number of nitrogens with zero attached hydrogens (tertiary/aromatic N) is 2. The molecule has 0 bridgehead atoms. The number of carbonyl (C=O) groups is 1. The normalized spacial score (nSPS) is 23.1. The van der Waals surface area contributed by atoms with E-state index in [0.29, 0.717) is 13.1 Å². The van der Waals surface area contributed by atoms with Gasteiger partial charge in [0, 0.05) is 30.9 Å². The zero-order chi connectivity index (χ0) is 15.6. The Hall–Kier alpha value is -1.71. The first-order chi connectivity index (χ1) is 9.78. The Labute approximate surface area is 127 Å². The smallest absolute Gasteiger partial charge is 0.410 e. The highest BCUT2D eigenvalue weighted by Gasteiger charge is 2.33. The van der Waals surface area contributed by atoms with Crippen LogP contribution in [0.1, 0.15) is 34.6 Å². The minimum absolute atomic E-state index is 0.214. The van der Waals surface area contributed by atoms with Crippen LogP contribution in [-0.4, -0.2) is 41.8 Å². The molecule has 0 spiro atoms. The first kappa shape index (κ1) is 15.7. The molecule has 1 aliphatic heterocycles. The summed E-state index contributed by atoms with van der Waals surface area (Å²) in [7, 11) is 0.